The molecule has 0 bridgehead atoms. The van der Waals surface area contributed by atoms with Gasteiger partial charge in [0.2, 0.25) is 0 Å². The van der Waals surface area contributed by atoms with Gasteiger partial charge in [0.1, 0.15) is 0 Å². The molecule has 1 aromatic carbocycles. The number of hydrogen-bond donors (Lipinski definition) is 0. The van der Waals surface area contributed by atoms with Gasteiger partial charge < -0.3 is 4.74 Å². The van der Waals surface area contributed by atoms with Gasteiger partial charge in [-0.15, -0.1) is 0 Å². The molecule has 0 saturated carbocycles. The van der Waals surface area contributed by atoms with Crippen LogP contribution in [0.1, 0.15) is 38.7 Å². The van der Waals surface area contributed by atoms with Crippen LogP contribution < -0.4 is 0 Å². The third kappa shape index (κ3) is 3.55. The molecule has 2 atom stereocenters. The highest BCUT2D eigenvalue weighted by atomic mass is 32.2. The quantitative estimate of drug-likeness (QED) is 0.801. The lowest BCUT2D eigenvalue weighted by Gasteiger charge is -2.36. The van der Waals surface area contributed by atoms with E-state index in [2.05, 4.69) is 0 Å². The molecule has 106 valence electrons. The standard InChI is InChI=1S/C14H20O4S/c1-11-6-8-13(9-7-11)19(15,16)18-14(3)10-4-5-12(2)17-14/h6-9,12H,4-5,10H2,1-3H3/t12-,14-/m0/s1. The van der Waals surface area contributed by atoms with Crippen molar-refractivity contribution in [1.29, 1.82) is 0 Å². The van der Waals surface area contributed by atoms with Crippen molar-refractivity contribution in [3.8, 4) is 0 Å². The predicted octanol–water partition coefficient (Wildman–Crippen LogP) is 3.01. The van der Waals surface area contributed by atoms with E-state index in [0.717, 1.165) is 18.4 Å². The Morgan fingerprint density at radius 2 is 1.95 bits per heavy atom. The first-order valence-corrected chi connectivity index (χ1v) is 7.92. The topological polar surface area (TPSA) is 52.6 Å². The molecule has 19 heavy (non-hydrogen) atoms. The Hall–Kier alpha value is -0.910. The average Bonchev–Trinajstić information content (AvgIpc) is 2.27. The van der Waals surface area contributed by atoms with Crippen LogP contribution in [0.3, 0.4) is 0 Å². The SMILES string of the molecule is Cc1ccc(S(=O)(=O)O[C@@]2(C)CCC[C@H](C)O2)cc1. The molecule has 0 aromatic heterocycles. The van der Waals surface area contributed by atoms with Gasteiger partial charge in [0.25, 0.3) is 10.1 Å². The van der Waals surface area contributed by atoms with Crippen molar-refractivity contribution < 1.29 is 17.3 Å². The van der Waals surface area contributed by atoms with E-state index in [1.54, 1.807) is 31.2 Å². The molecule has 0 spiro atoms. The minimum Gasteiger partial charge on any atom is -0.346 e. The molecule has 0 radical (unpaired) electrons. The number of aryl methyl sites for hydroxylation is 1. The minimum atomic E-state index is -3.78. The van der Waals surface area contributed by atoms with Gasteiger partial charge in [-0.1, -0.05) is 17.7 Å². The number of rotatable bonds is 3. The highest BCUT2D eigenvalue weighted by Crippen LogP contribution is 2.32. The molecule has 2 rings (SSSR count). The molecule has 1 aliphatic heterocycles. The van der Waals surface area contributed by atoms with Crippen LogP contribution in [-0.2, 0) is 19.0 Å². The maximum Gasteiger partial charge on any atom is 0.299 e. The van der Waals surface area contributed by atoms with E-state index >= 15 is 0 Å². The molecule has 1 saturated heterocycles. The fraction of sp³-hybridized carbons (Fsp3) is 0.571. The van der Waals surface area contributed by atoms with Gasteiger partial charge in [-0.05, 0) is 45.7 Å². The summed E-state index contributed by atoms with van der Waals surface area (Å²) >= 11 is 0. The van der Waals surface area contributed by atoms with Crippen LogP contribution in [0.15, 0.2) is 29.2 Å². The molecular formula is C14H20O4S. The number of ether oxygens (including phenoxy) is 1. The Morgan fingerprint density at radius 1 is 1.32 bits per heavy atom. The third-order valence-corrected chi connectivity index (χ3v) is 4.71. The van der Waals surface area contributed by atoms with Crippen LogP contribution in [0.5, 0.6) is 0 Å². The van der Waals surface area contributed by atoms with E-state index in [1.165, 1.54) is 0 Å². The summed E-state index contributed by atoms with van der Waals surface area (Å²) in [4.78, 5) is 0.168. The Bertz CT molecular complexity index is 535. The fourth-order valence-electron chi connectivity index (χ4n) is 2.30. The van der Waals surface area contributed by atoms with Crippen LogP contribution in [-0.4, -0.2) is 20.3 Å². The van der Waals surface area contributed by atoms with E-state index in [1.807, 2.05) is 13.8 Å². The Kier molecular flexibility index (Phi) is 3.99. The molecular weight excluding hydrogens is 264 g/mol. The summed E-state index contributed by atoms with van der Waals surface area (Å²) in [6, 6.07) is 6.62. The molecule has 1 fully saturated rings. The zero-order valence-corrected chi connectivity index (χ0v) is 12.4. The van der Waals surface area contributed by atoms with Crippen molar-refractivity contribution in [3.05, 3.63) is 29.8 Å². The van der Waals surface area contributed by atoms with Crippen LogP contribution in [0, 0.1) is 6.92 Å². The monoisotopic (exact) mass is 284 g/mol. The van der Waals surface area contributed by atoms with E-state index < -0.39 is 15.9 Å². The average molecular weight is 284 g/mol. The van der Waals surface area contributed by atoms with Gasteiger partial charge in [0.05, 0.1) is 11.0 Å². The smallest absolute Gasteiger partial charge is 0.299 e. The Labute approximate surface area is 114 Å². The third-order valence-electron chi connectivity index (χ3n) is 3.29. The predicted molar refractivity (Wildman–Crippen MR) is 72.3 cm³/mol. The maximum atomic E-state index is 12.2. The molecule has 4 nitrogen and oxygen atoms in total. The summed E-state index contributed by atoms with van der Waals surface area (Å²) in [6.45, 7) is 5.53. The molecule has 0 unspecified atom stereocenters. The van der Waals surface area contributed by atoms with Gasteiger partial charge in [-0.25, -0.2) is 4.18 Å². The summed E-state index contributed by atoms with van der Waals surface area (Å²) in [7, 11) is -3.78. The second-order valence-corrected chi connectivity index (χ2v) is 6.85. The largest absolute Gasteiger partial charge is 0.346 e. The van der Waals surface area contributed by atoms with E-state index in [0.29, 0.717) is 6.42 Å². The number of hydrogen-bond acceptors (Lipinski definition) is 4. The summed E-state index contributed by atoms with van der Waals surface area (Å²) in [5.41, 5.74) is 1.01. The zero-order valence-electron chi connectivity index (χ0n) is 11.5. The maximum absolute atomic E-state index is 12.2. The second-order valence-electron chi connectivity index (χ2n) is 5.31. The molecule has 1 heterocycles. The molecule has 5 heteroatoms. The van der Waals surface area contributed by atoms with Crippen molar-refractivity contribution in [3.63, 3.8) is 0 Å². The van der Waals surface area contributed by atoms with E-state index in [9.17, 15) is 8.42 Å². The van der Waals surface area contributed by atoms with E-state index in [4.69, 9.17) is 8.92 Å². The van der Waals surface area contributed by atoms with Crippen molar-refractivity contribution in [1.82, 2.24) is 0 Å². The van der Waals surface area contributed by atoms with Crippen molar-refractivity contribution in [2.45, 2.75) is 56.8 Å². The van der Waals surface area contributed by atoms with Gasteiger partial charge in [-0.2, -0.15) is 8.42 Å². The zero-order chi connectivity index (χ0) is 14.1. The Balaban J connectivity index is 2.19. The summed E-state index contributed by atoms with van der Waals surface area (Å²) in [5.74, 6) is -1.05. The summed E-state index contributed by atoms with van der Waals surface area (Å²) in [5, 5.41) is 0. The fourth-order valence-corrected chi connectivity index (χ4v) is 3.45. The van der Waals surface area contributed by atoms with Crippen molar-refractivity contribution in [2.24, 2.45) is 0 Å². The highest BCUT2D eigenvalue weighted by molar-refractivity contribution is 7.86. The number of benzene rings is 1. The summed E-state index contributed by atoms with van der Waals surface area (Å²) < 4.78 is 35.4. The summed E-state index contributed by atoms with van der Waals surface area (Å²) in [6.07, 6.45) is 2.44. The van der Waals surface area contributed by atoms with Gasteiger partial charge in [0.15, 0.2) is 5.79 Å². The Morgan fingerprint density at radius 3 is 2.53 bits per heavy atom. The van der Waals surface area contributed by atoms with Crippen LogP contribution in [0.25, 0.3) is 0 Å². The normalized spacial score (nSPS) is 28.3. The van der Waals surface area contributed by atoms with Gasteiger partial charge in [0, 0.05) is 6.42 Å². The molecule has 1 aromatic rings. The molecule has 0 N–H and O–H groups in total. The van der Waals surface area contributed by atoms with Gasteiger partial charge in [-0.3, -0.25) is 0 Å². The van der Waals surface area contributed by atoms with Crippen LogP contribution in [0.4, 0.5) is 0 Å². The minimum absolute atomic E-state index is 0.0203. The lowest BCUT2D eigenvalue weighted by atomic mass is 10.0. The second kappa shape index (κ2) is 5.23. The first-order chi connectivity index (χ1) is 8.81. The lowest BCUT2D eigenvalue weighted by molar-refractivity contribution is -0.217. The van der Waals surface area contributed by atoms with E-state index in [-0.39, 0.29) is 11.0 Å². The van der Waals surface area contributed by atoms with Crippen LogP contribution >= 0.6 is 0 Å². The molecule has 1 aliphatic rings. The molecule has 0 aliphatic carbocycles. The van der Waals surface area contributed by atoms with Crippen molar-refractivity contribution >= 4 is 10.1 Å². The van der Waals surface area contributed by atoms with Crippen molar-refractivity contribution in [2.75, 3.05) is 0 Å². The first kappa shape index (κ1) is 14.5. The lowest BCUT2D eigenvalue weighted by Crippen LogP contribution is -2.41. The first-order valence-electron chi connectivity index (χ1n) is 6.51. The molecule has 0 amide bonds. The highest BCUT2D eigenvalue weighted by Gasteiger charge is 2.37. The van der Waals surface area contributed by atoms with Crippen LogP contribution in [0.2, 0.25) is 0 Å². The van der Waals surface area contributed by atoms with Gasteiger partial charge >= 0.3 is 0 Å².